The molecule has 0 aliphatic carbocycles. The minimum atomic E-state index is -3.60. The van der Waals surface area contributed by atoms with Crippen LogP contribution in [0.1, 0.15) is 10.4 Å². The molecular formula is C17H16ClN3O7S. The van der Waals surface area contributed by atoms with Crippen molar-refractivity contribution in [2.24, 2.45) is 0 Å². The summed E-state index contributed by atoms with van der Waals surface area (Å²) >= 11 is 5.74. The minimum absolute atomic E-state index is 0.0418. The summed E-state index contributed by atoms with van der Waals surface area (Å²) in [6, 6.07) is 8.75. The van der Waals surface area contributed by atoms with Crippen molar-refractivity contribution in [1.82, 2.24) is 4.31 Å². The van der Waals surface area contributed by atoms with E-state index in [1.165, 1.54) is 44.4 Å². The van der Waals surface area contributed by atoms with Crippen molar-refractivity contribution in [2.75, 3.05) is 26.0 Å². The second kappa shape index (κ2) is 8.99. The Bertz CT molecular complexity index is 1050. The van der Waals surface area contributed by atoms with Crippen molar-refractivity contribution in [3.63, 3.8) is 0 Å². The quantitative estimate of drug-likeness (QED) is 0.395. The molecule has 154 valence electrons. The molecule has 0 atom stereocenters. The van der Waals surface area contributed by atoms with Crippen LogP contribution in [0.3, 0.4) is 0 Å². The molecule has 1 amide bonds. The number of amides is 1. The largest absolute Gasteiger partial charge is 0.452 e. The lowest BCUT2D eigenvalue weighted by atomic mass is 10.2. The summed E-state index contributed by atoms with van der Waals surface area (Å²) < 4.78 is 29.9. The maximum absolute atomic E-state index is 12.1. The van der Waals surface area contributed by atoms with Crippen LogP contribution in [-0.4, -0.2) is 50.2 Å². The Labute approximate surface area is 171 Å². The van der Waals surface area contributed by atoms with Gasteiger partial charge in [-0.3, -0.25) is 14.9 Å². The van der Waals surface area contributed by atoms with Gasteiger partial charge in [0.15, 0.2) is 6.61 Å². The lowest BCUT2D eigenvalue weighted by Gasteiger charge is -2.12. The molecule has 0 fully saturated rings. The molecule has 2 aromatic rings. The van der Waals surface area contributed by atoms with Crippen molar-refractivity contribution in [3.05, 3.63) is 63.2 Å². The Morgan fingerprint density at radius 2 is 1.79 bits per heavy atom. The van der Waals surface area contributed by atoms with E-state index >= 15 is 0 Å². The van der Waals surface area contributed by atoms with Gasteiger partial charge in [0.1, 0.15) is 5.56 Å². The summed E-state index contributed by atoms with van der Waals surface area (Å²) in [4.78, 5) is 34.3. The molecule has 0 aromatic heterocycles. The highest BCUT2D eigenvalue weighted by Crippen LogP contribution is 2.23. The van der Waals surface area contributed by atoms with Crippen LogP contribution in [0.5, 0.6) is 0 Å². The zero-order valence-corrected chi connectivity index (χ0v) is 16.9. The lowest BCUT2D eigenvalue weighted by molar-refractivity contribution is -0.385. The van der Waals surface area contributed by atoms with Gasteiger partial charge in [-0.05, 0) is 36.4 Å². The molecule has 0 saturated heterocycles. The van der Waals surface area contributed by atoms with E-state index in [1.807, 2.05) is 0 Å². The van der Waals surface area contributed by atoms with E-state index in [1.54, 1.807) is 0 Å². The Balaban J connectivity index is 2.01. The van der Waals surface area contributed by atoms with Crippen molar-refractivity contribution < 1.29 is 27.7 Å². The number of carbonyl (C=O) groups is 2. The van der Waals surface area contributed by atoms with Gasteiger partial charge in [0.2, 0.25) is 10.0 Å². The van der Waals surface area contributed by atoms with Crippen molar-refractivity contribution >= 4 is 44.9 Å². The first kappa shape index (κ1) is 22.3. The number of carbonyl (C=O) groups excluding carboxylic acids is 2. The summed E-state index contributed by atoms with van der Waals surface area (Å²) in [7, 11) is -0.818. The van der Waals surface area contributed by atoms with Crippen LogP contribution in [0.25, 0.3) is 0 Å². The molecule has 29 heavy (non-hydrogen) atoms. The van der Waals surface area contributed by atoms with Gasteiger partial charge in [-0.25, -0.2) is 17.5 Å². The lowest BCUT2D eigenvalue weighted by Crippen LogP contribution is -2.23. The molecule has 0 unspecified atom stereocenters. The summed E-state index contributed by atoms with van der Waals surface area (Å²) in [5.41, 5.74) is -0.608. The van der Waals surface area contributed by atoms with Gasteiger partial charge in [0, 0.05) is 30.9 Å². The average Bonchev–Trinajstić information content (AvgIpc) is 2.66. The number of esters is 1. The molecule has 0 spiro atoms. The predicted octanol–water partition coefficient (Wildman–Crippen LogP) is 2.29. The normalized spacial score (nSPS) is 11.2. The van der Waals surface area contributed by atoms with Crippen LogP contribution >= 0.6 is 11.6 Å². The topological polar surface area (TPSA) is 136 Å². The highest BCUT2D eigenvalue weighted by molar-refractivity contribution is 7.89. The molecule has 0 bridgehead atoms. The first-order chi connectivity index (χ1) is 13.5. The first-order valence-corrected chi connectivity index (χ1v) is 9.77. The summed E-state index contributed by atoms with van der Waals surface area (Å²) in [6.07, 6.45) is 0. The third-order valence-corrected chi connectivity index (χ3v) is 5.69. The van der Waals surface area contributed by atoms with E-state index < -0.39 is 39.1 Å². The molecular weight excluding hydrogens is 426 g/mol. The highest BCUT2D eigenvalue weighted by atomic mass is 35.5. The van der Waals surface area contributed by atoms with Crippen LogP contribution in [0.4, 0.5) is 11.4 Å². The Morgan fingerprint density at radius 1 is 1.17 bits per heavy atom. The van der Waals surface area contributed by atoms with Crippen molar-refractivity contribution in [3.8, 4) is 0 Å². The van der Waals surface area contributed by atoms with Gasteiger partial charge >= 0.3 is 5.97 Å². The predicted molar refractivity (Wildman–Crippen MR) is 104 cm³/mol. The van der Waals surface area contributed by atoms with Crippen molar-refractivity contribution in [1.29, 1.82) is 0 Å². The second-order valence-corrected chi connectivity index (χ2v) is 8.44. The summed E-state index contributed by atoms with van der Waals surface area (Å²) in [5, 5.41) is 13.5. The van der Waals surface area contributed by atoms with Crippen LogP contribution in [0, 0.1) is 10.1 Å². The fraction of sp³-hybridized carbons (Fsp3) is 0.176. The van der Waals surface area contributed by atoms with E-state index in [2.05, 4.69) is 5.32 Å². The highest BCUT2D eigenvalue weighted by Gasteiger charge is 2.22. The molecule has 0 saturated carbocycles. The van der Waals surface area contributed by atoms with Crippen LogP contribution in [0.15, 0.2) is 47.4 Å². The van der Waals surface area contributed by atoms with Gasteiger partial charge in [0.05, 0.1) is 9.82 Å². The maximum atomic E-state index is 12.1. The zero-order chi connectivity index (χ0) is 21.8. The number of halogens is 1. The van der Waals surface area contributed by atoms with Crippen LogP contribution in [-0.2, 0) is 19.6 Å². The van der Waals surface area contributed by atoms with Crippen LogP contribution in [0.2, 0.25) is 5.02 Å². The van der Waals surface area contributed by atoms with E-state index in [4.69, 9.17) is 16.3 Å². The number of benzene rings is 2. The molecule has 0 aliphatic heterocycles. The Kier molecular flexibility index (Phi) is 6.90. The van der Waals surface area contributed by atoms with Gasteiger partial charge < -0.3 is 10.1 Å². The molecule has 0 aliphatic rings. The number of hydrogen-bond acceptors (Lipinski definition) is 7. The fourth-order valence-electron chi connectivity index (χ4n) is 2.16. The number of nitrogens with zero attached hydrogens (tertiary/aromatic N) is 2. The zero-order valence-electron chi connectivity index (χ0n) is 15.3. The smallest absolute Gasteiger partial charge is 0.345 e. The van der Waals surface area contributed by atoms with Crippen molar-refractivity contribution in [2.45, 2.75) is 4.90 Å². The Hall–Kier alpha value is -3.02. The average molecular weight is 442 g/mol. The van der Waals surface area contributed by atoms with Gasteiger partial charge in [-0.1, -0.05) is 11.6 Å². The maximum Gasteiger partial charge on any atom is 0.345 e. The van der Waals surface area contributed by atoms with E-state index in [9.17, 15) is 28.1 Å². The number of nitro groups is 1. The number of sulfonamides is 1. The SMILES string of the molecule is CN(C)S(=O)(=O)c1ccc(NC(=O)COC(=O)c2cc(Cl)ccc2[N+](=O)[O-])cc1. The molecule has 0 heterocycles. The van der Waals surface area contributed by atoms with Gasteiger partial charge in [0.25, 0.3) is 11.6 Å². The third-order valence-electron chi connectivity index (χ3n) is 3.63. The van der Waals surface area contributed by atoms with Crippen LogP contribution < -0.4 is 5.32 Å². The summed E-state index contributed by atoms with van der Waals surface area (Å²) in [6.45, 7) is -0.708. The Morgan fingerprint density at radius 3 is 2.34 bits per heavy atom. The first-order valence-electron chi connectivity index (χ1n) is 7.96. The number of anilines is 1. The number of rotatable bonds is 7. The minimum Gasteiger partial charge on any atom is -0.452 e. The standard InChI is InChI=1S/C17H16ClN3O7S/c1-20(2)29(26,27)13-6-4-12(5-7-13)19-16(22)10-28-17(23)14-9-11(18)3-8-15(14)21(24)25/h3-9H,10H2,1-2H3,(H,19,22). The summed E-state index contributed by atoms with van der Waals surface area (Å²) in [5.74, 6) is -1.80. The van der Waals surface area contributed by atoms with Gasteiger partial charge in [-0.15, -0.1) is 0 Å². The molecule has 1 N–H and O–H groups in total. The molecule has 2 aromatic carbocycles. The number of nitro benzene ring substituents is 1. The van der Waals surface area contributed by atoms with E-state index in [0.29, 0.717) is 0 Å². The van der Waals surface area contributed by atoms with E-state index in [0.717, 1.165) is 16.4 Å². The third kappa shape index (κ3) is 5.50. The molecule has 2 rings (SSSR count). The molecule has 0 radical (unpaired) electrons. The molecule has 12 heteroatoms. The number of ether oxygens (including phenoxy) is 1. The van der Waals surface area contributed by atoms with Gasteiger partial charge in [-0.2, -0.15) is 0 Å². The monoisotopic (exact) mass is 441 g/mol. The fourth-order valence-corrected chi connectivity index (χ4v) is 3.23. The number of hydrogen-bond donors (Lipinski definition) is 1. The number of nitrogens with one attached hydrogen (secondary N) is 1. The van der Waals surface area contributed by atoms with E-state index in [-0.39, 0.29) is 21.2 Å². The second-order valence-electron chi connectivity index (χ2n) is 5.85. The molecule has 10 nitrogen and oxygen atoms in total.